The summed E-state index contributed by atoms with van der Waals surface area (Å²) in [5.41, 5.74) is 1.98. The third-order valence-electron chi connectivity index (χ3n) is 1.79. The molecule has 0 fully saturated rings. The Labute approximate surface area is 85.0 Å². The van der Waals surface area contributed by atoms with Gasteiger partial charge in [0, 0.05) is 5.75 Å². The molecule has 14 heavy (non-hydrogen) atoms. The number of para-hydroxylation sites is 1. The second-order valence-electron chi connectivity index (χ2n) is 2.76. The lowest BCUT2D eigenvalue weighted by atomic mass is 10.2. The topological polar surface area (TPSA) is 61.7 Å². The fourth-order valence-electron chi connectivity index (χ4n) is 1.19. The van der Waals surface area contributed by atoms with Gasteiger partial charge in [0.2, 0.25) is 0 Å². The van der Waals surface area contributed by atoms with Crippen LogP contribution in [0.1, 0.15) is 5.56 Å². The first-order valence-electron chi connectivity index (χ1n) is 4.05. The third kappa shape index (κ3) is 1.88. The summed E-state index contributed by atoms with van der Waals surface area (Å²) in [5.74, 6) is 0.759. The second-order valence-corrected chi connectivity index (χ2v) is 3.73. The fourth-order valence-corrected chi connectivity index (χ4v) is 2.04. The summed E-state index contributed by atoms with van der Waals surface area (Å²) in [6, 6.07) is 7.70. The molecule has 0 unspecified atom stereocenters. The number of amidine groups is 1. The molecule has 4 nitrogen and oxygen atoms in total. The van der Waals surface area contributed by atoms with E-state index >= 15 is 0 Å². The van der Waals surface area contributed by atoms with Gasteiger partial charge in [-0.2, -0.15) is 0 Å². The van der Waals surface area contributed by atoms with E-state index in [1.807, 2.05) is 24.3 Å². The van der Waals surface area contributed by atoms with Crippen LogP contribution >= 0.6 is 11.8 Å². The number of amides is 1. The number of benzene rings is 1. The summed E-state index contributed by atoms with van der Waals surface area (Å²) < 4.78 is 0. The van der Waals surface area contributed by atoms with Gasteiger partial charge in [-0.05, 0) is 11.6 Å². The molecule has 0 atom stereocenters. The first kappa shape index (κ1) is 9.08. The molecular weight excluding hydrogens is 200 g/mol. The molecule has 1 aliphatic heterocycles. The van der Waals surface area contributed by atoms with Crippen LogP contribution in [0.15, 0.2) is 29.3 Å². The lowest BCUT2D eigenvalue weighted by molar-refractivity contribution is 0.200. The minimum Gasteiger partial charge on any atom is -0.465 e. The smallest absolute Gasteiger partial charge is 0.410 e. The molecule has 1 aliphatic rings. The van der Waals surface area contributed by atoms with Gasteiger partial charge in [0.25, 0.3) is 0 Å². The van der Waals surface area contributed by atoms with Crippen molar-refractivity contribution in [1.29, 1.82) is 0 Å². The van der Waals surface area contributed by atoms with Crippen molar-refractivity contribution in [2.75, 3.05) is 0 Å². The van der Waals surface area contributed by atoms with E-state index in [1.54, 1.807) is 0 Å². The number of nitrogens with one attached hydrogen (secondary N) is 1. The van der Waals surface area contributed by atoms with Gasteiger partial charge in [0.15, 0.2) is 5.17 Å². The van der Waals surface area contributed by atoms with Gasteiger partial charge in [0.1, 0.15) is 0 Å². The van der Waals surface area contributed by atoms with Crippen LogP contribution in [0.3, 0.4) is 0 Å². The molecule has 1 amide bonds. The van der Waals surface area contributed by atoms with Crippen molar-refractivity contribution in [3.8, 4) is 0 Å². The van der Waals surface area contributed by atoms with E-state index < -0.39 is 6.09 Å². The maximum absolute atomic E-state index is 10.4. The molecule has 2 N–H and O–H groups in total. The van der Waals surface area contributed by atoms with Crippen LogP contribution in [-0.2, 0) is 5.75 Å². The zero-order valence-corrected chi connectivity index (χ0v) is 8.04. The van der Waals surface area contributed by atoms with Crippen LogP contribution in [0.2, 0.25) is 0 Å². The molecule has 5 heteroatoms. The van der Waals surface area contributed by atoms with Gasteiger partial charge in [-0.1, -0.05) is 30.0 Å². The van der Waals surface area contributed by atoms with E-state index in [2.05, 4.69) is 10.3 Å². The predicted octanol–water partition coefficient (Wildman–Crippen LogP) is 2.19. The molecule has 0 bridgehead atoms. The summed E-state index contributed by atoms with van der Waals surface area (Å²) in [6.45, 7) is 0. The number of nitrogens with zero attached hydrogens (tertiary/aromatic N) is 1. The Balaban J connectivity index is 2.26. The Morgan fingerprint density at radius 3 is 3.07 bits per heavy atom. The van der Waals surface area contributed by atoms with Crippen molar-refractivity contribution in [2.24, 2.45) is 4.99 Å². The van der Waals surface area contributed by atoms with E-state index in [1.165, 1.54) is 11.8 Å². The highest BCUT2D eigenvalue weighted by molar-refractivity contribution is 8.13. The summed E-state index contributed by atoms with van der Waals surface area (Å²) >= 11 is 1.39. The summed E-state index contributed by atoms with van der Waals surface area (Å²) in [6.07, 6.45) is -1.07. The highest BCUT2D eigenvalue weighted by atomic mass is 32.2. The SMILES string of the molecule is O=C(O)NC1=Nc2ccccc2CS1. The van der Waals surface area contributed by atoms with Crippen LogP contribution in [0.5, 0.6) is 0 Å². The summed E-state index contributed by atoms with van der Waals surface area (Å²) in [7, 11) is 0. The number of rotatable bonds is 0. The lowest BCUT2D eigenvalue weighted by Gasteiger charge is -2.13. The standard InChI is InChI=1S/C9H8N2O2S/c12-9(13)11-8-10-7-4-2-1-3-6(7)5-14-8/h1-4H,5H2,(H,10,11)(H,12,13). The number of fused-ring (bicyclic) bond motifs is 1. The van der Waals surface area contributed by atoms with Gasteiger partial charge in [-0.25, -0.2) is 9.79 Å². The van der Waals surface area contributed by atoms with Crippen LogP contribution in [-0.4, -0.2) is 16.4 Å². The number of hydrogen-bond acceptors (Lipinski definition) is 3. The maximum atomic E-state index is 10.4. The number of hydrogen-bond donors (Lipinski definition) is 2. The first-order chi connectivity index (χ1) is 6.75. The average Bonchev–Trinajstić information content (AvgIpc) is 2.17. The van der Waals surface area contributed by atoms with Crippen LogP contribution in [0.25, 0.3) is 0 Å². The molecule has 2 rings (SSSR count). The molecule has 0 saturated carbocycles. The minimum atomic E-state index is -1.07. The Morgan fingerprint density at radius 2 is 2.29 bits per heavy atom. The van der Waals surface area contributed by atoms with Crippen LogP contribution in [0, 0.1) is 0 Å². The Morgan fingerprint density at radius 1 is 1.50 bits per heavy atom. The molecule has 72 valence electrons. The number of thioether (sulfide) groups is 1. The zero-order chi connectivity index (χ0) is 9.97. The molecule has 0 aromatic heterocycles. The second kappa shape index (κ2) is 3.71. The van der Waals surface area contributed by atoms with Crippen molar-refractivity contribution in [3.63, 3.8) is 0 Å². The molecule has 0 radical (unpaired) electrons. The van der Waals surface area contributed by atoms with Crippen molar-refractivity contribution in [2.45, 2.75) is 5.75 Å². The van der Waals surface area contributed by atoms with Crippen LogP contribution in [0.4, 0.5) is 10.5 Å². The van der Waals surface area contributed by atoms with Gasteiger partial charge in [0.05, 0.1) is 5.69 Å². The average molecular weight is 208 g/mol. The van der Waals surface area contributed by atoms with Crippen molar-refractivity contribution in [3.05, 3.63) is 29.8 Å². The monoisotopic (exact) mass is 208 g/mol. The zero-order valence-electron chi connectivity index (χ0n) is 7.23. The minimum absolute atomic E-state index is 0.441. The molecule has 0 spiro atoms. The maximum Gasteiger partial charge on any atom is 0.410 e. The van der Waals surface area contributed by atoms with Gasteiger partial charge < -0.3 is 5.11 Å². The van der Waals surface area contributed by atoms with Crippen LogP contribution < -0.4 is 5.32 Å². The highest BCUT2D eigenvalue weighted by Crippen LogP contribution is 2.29. The molecule has 1 aromatic rings. The number of carbonyl (C=O) groups is 1. The quantitative estimate of drug-likeness (QED) is 0.687. The molecular formula is C9H8N2O2S. The summed E-state index contributed by atoms with van der Waals surface area (Å²) in [4.78, 5) is 14.5. The van der Waals surface area contributed by atoms with Crippen molar-refractivity contribution in [1.82, 2.24) is 5.32 Å². The third-order valence-corrected chi connectivity index (χ3v) is 2.71. The van der Waals surface area contributed by atoms with E-state index in [9.17, 15) is 4.79 Å². The van der Waals surface area contributed by atoms with E-state index in [4.69, 9.17) is 5.11 Å². The van der Waals surface area contributed by atoms with Gasteiger partial charge in [-0.15, -0.1) is 0 Å². The van der Waals surface area contributed by atoms with Gasteiger partial charge >= 0.3 is 6.09 Å². The first-order valence-corrected chi connectivity index (χ1v) is 5.03. The highest BCUT2D eigenvalue weighted by Gasteiger charge is 2.13. The number of aliphatic imine (C=N–C) groups is 1. The van der Waals surface area contributed by atoms with E-state index in [0.717, 1.165) is 17.0 Å². The number of carboxylic acid groups (broad SMARTS) is 1. The van der Waals surface area contributed by atoms with E-state index in [0.29, 0.717) is 5.17 Å². The van der Waals surface area contributed by atoms with Crippen molar-refractivity contribution >= 4 is 28.7 Å². The predicted molar refractivity (Wildman–Crippen MR) is 56.0 cm³/mol. The molecule has 0 saturated heterocycles. The Hall–Kier alpha value is -1.49. The molecule has 1 aromatic carbocycles. The molecule has 1 heterocycles. The molecule has 0 aliphatic carbocycles. The largest absolute Gasteiger partial charge is 0.465 e. The van der Waals surface area contributed by atoms with E-state index in [-0.39, 0.29) is 0 Å². The lowest BCUT2D eigenvalue weighted by Crippen LogP contribution is -2.27. The normalized spacial score (nSPS) is 14.1. The fraction of sp³-hybridized carbons (Fsp3) is 0.111. The van der Waals surface area contributed by atoms with Crippen molar-refractivity contribution < 1.29 is 9.90 Å². The van der Waals surface area contributed by atoms with Gasteiger partial charge in [-0.3, -0.25) is 5.32 Å². The Bertz CT molecular complexity index is 404. The summed E-state index contributed by atoms with van der Waals surface area (Å²) in [5, 5.41) is 11.2. The Kier molecular flexibility index (Phi) is 2.41.